The molecule has 1 fully saturated rings. The van der Waals surface area contributed by atoms with E-state index < -0.39 is 35.4 Å². The summed E-state index contributed by atoms with van der Waals surface area (Å²) < 4.78 is 59.7. The Bertz CT molecular complexity index is 1010. The molecule has 1 aromatic carbocycles. The van der Waals surface area contributed by atoms with Gasteiger partial charge in [0.15, 0.2) is 17.4 Å². The van der Waals surface area contributed by atoms with Crippen molar-refractivity contribution < 1.29 is 31.8 Å². The van der Waals surface area contributed by atoms with Gasteiger partial charge in [0.1, 0.15) is 5.69 Å². The second-order valence-corrected chi connectivity index (χ2v) is 6.88. The number of rotatable bonds is 7. The van der Waals surface area contributed by atoms with Crippen molar-refractivity contribution in [3.8, 4) is 5.75 Å². The molecular weight excluding hydrogens is 424 g/mol. The zero-order valence-electron chi connectivity index (χ0n) is 16.3. The number of halogens is 4. The number of aromatic nitrogens is 3. The lowest BCUT2D eigenvalue weighted by atomic mass is 9.85. The molecule has 1 aromatic heterocycles. The third kappa shape index (κ3) is 5.94. The Labute approximate surface area is 173 Å². The highest BCUT2D eigenvalue weighted by atomic mass is 19.4. The van der Waals surface area contributed by atoms with Crippen molar-refractivity contribution in [2.24, 2.45) is 0 Å². The lowest BCUT2D eigenvalue weighted by molar-refractivity contribution is -0.275. The monoisotopic (exact) mass is 442 g/mol. The van der Waals surface area contributed by atoms with Gasteiger partial charge in [0.25, 0.3) is 11.5 Å². The summed E-state index contributed by atoms with van der Waals surface area (Å²) in [5.74, 6) is -2.75. The molecule has 0 saturated heterocycles. The van der Waals surface area contributed by atoms with Gasteiger partial charge in [-0.3, -0.25) is 9.59 Å². The lowest BCUT2D eigenvalue weighted by Crippen LogP contribution is -2.32. The predicted molar refractivity (Wildman–Crippen MR) is 97.9 cm³/mol. The van der Waals surface area contributed by atoms with E-state index in [0.717, 1.165) is 43.5 Å². The number of hydrogen-bond acceptors (Lipinski definition) is 7. The maximum Gasteiger partial charge on any atom is 0.573 e. The molecule has 0 spiro atoms. The SMILES string of the molecule is COC[C@@H](NC(=O)c1cc(=O)nnc(C2CCC2)n1)c1ccc(OC(F)(F)F)c(F)c1. The highest BCUT2D eigenvalue weighted by Gasteiger charge is 2.32. The van der Waals surface area contributed by atoms with Gasteiger partial charge in [-0.05, 0) is 30.5 Å². The maximum absolute atomic E-state index is 14.1. The standard InChI is InChI=1S/C19H18F4N4O4/c1-30-9-14(11-5-6-15(12(20)7-11)31-19(21,22)23)25-18(29)13-8-16(28)26-27-17(24-13)10-3-2-4-10/h5-8,10,14H,2-4,9H2,1H3,(H,25,29)/t14-/m1/s1. The average molecular weight is 442 g/mol. The molecule has 1 aliphatic carbocycles. The van der Waals surface area contributed by atoms with Crippen LogP contribution in [0.2, 0.25) is 0 Å². The van der Waals surface area contributed by atoms with Crippen LogP contribution in [0.5, 0.6) is 5.75 Å². The van der Waals surface area contributed by atoms with E-state index in [9.17, 15) is 27.2 Å². The number of alkyl halides is 3. The van der Waals surface area contributed by atoms with E-state index in [1.807, 2.05) is 0 Å². The fourth-order valence-electron chi connectivity index (χ4n) is 2.94. The van der Waals surface area contributed by atoms with Crippen molar-refractivity contribution in [2.75, 3.05) is 13.7 Å². The van der Waals surface area contributed by atoms with Crippen LogP contribution in [0, 0.1) is 5.82 Å². The summed E-state index contributed by atoms with van der Waals surface area (Å²) in [5, 5.41) is 9.82. The van der Waals surface area contributed by atoms with E-state index in [1.165, 1.54) is 7.11 Å². The van der Waals surface area contributed by atoms with Gasteiger partial charge in [-0.2, -0.15) is 0 Å². The minimum absolute atomic E-state index is 0.0101. The molecule has 12 heteroatoms. The third-order valence-corrected chi connectivity index (χ3v) is 4.67. The van der Waals surface area contributed by atoms with E-state index in [0.29, 0.717) is 0 Å². The van der Waals surface area contributed by atoms with Crippen molar-refractivity contribution >= 4 is 5.91 Å². The number of carbonyl (C=O) groups is 1. The summed E-state index contributed by atoms with van der Waals surface area (Å²) in [5.41, 5.74) is -0.859. The fourth-order valence-corrected chi connectivity index (χ4v) is 2.94. The van der Waals surface area contributed by atoms with Gasteiger partial charge >= 0.3 is 6.36 Å². The second kappa shape index (κ2) is 9.33. The normalized spacial score (nSPS) is 15.1. The first kappa shape index (κ1) is 22.5. The number of amides is 1. The molecule has 1 aliphatic rings. The number of carbonyl (C=O) groups excluding carboxylic acids is 1. The van der Waals surface area contributed by atoms with Gasteiger partial charge in [-0.15, -0.1) is 23.4 Å². The highest BCUT2D eigenvalue weighted by Crippen LogP contribution is 2.33. The first-order chi connectivity index (χ1) is 14.7. The van der Waals surface area contributed by atoms with E-state index in [2.05, 4.69) is 25.2 Å². The van der Waals surface area contributed by atoms with Gasteiger partial charge in [-0.1, -0.05) is 12.5 Å². The molecule has 0 aliphatic heterocycles. The highest BCUT2D eigenvalue weighted by molar-refractivity contribution is 5.92. The third-order valence-electron chi connectivity index (χ3n) is 4.67. The maximum atomic E-state index is 14.1. The molecule has 0 bridgehead atoms. The van der Waals surface area contributed by atoms with E-state index in [4.69, 9.17) is 4.74 Å². The fraction of sp³-hybridized carbons (Fsp3) is 0.421. The van der Waals surface area contributed by atoms with Crippen LogP contribution < -0.4 is 15.6 Å². The topological polar surface area (TPSA) is 103 Å². The first-order valence-electron chi connectivity index (χ1n) is 9.27. The smallest absolute Gasteiger partial charge is 0.403 e. The van der Waals surface area contributed by atoms with Crippen LogP contribution in [0.15, 0.2) is 29.1 Å². The van der Waals surface area contributed by atoms with Crippen LogP contribution in [0.3, 0.4) is 0 Å². The Balaban J connectivity index is 1.84. The van der Waals surface area contributed by atoms with Crippen molar-refractivity contribution in [3.05, 3.63) is 57.5 Å². The van der Waals surface area contributed by atoms with E-state index >= 15 is 0 Å². The van der Waals surface area contributed by atoms with Gasteiger partial charge in [0, 0.05) is 19.1 Å². The molecule has 31 heavy (non-hydrogen) atoms. The van der Waals surface area contributed by atoms with Crippen LogP contribution >= 0.6 is 0 Å². The molecular formula is C19H18F4N4O4. The molecule has 3 rings (SSSR count). The molecule has 0 unspecified atom stereocenters. The molecule has 1 saturated carbocycles. The Kier molecular flexibility index (Phi) is 6.78. The Morgan fingerprint density at radius 2 is 2.00 bits per heavy atom. The minimum atomic E-state index is -5.05. The molecule has 0 radical (unpaired) electrons. The van der Waals surface area contributed by atoms with Gasteiger partial charge in [0.05, 0.1) is 12.6 Å². The number of nitrogens with zero attached hydrogens (tertiary/aromatic N) is 3. The van der Waals surface area contributed by atoms with Crippen LogP contribution in [0.25, 0.3) is 0 Å². The Hall–Kier alpha value is -3.15. The van der Waals surface area contributed by atoms with E-state index in [1.54, 1.807) is 0 Å². The minimum Gasteiger partial charge on any atom is -0.403 e. The number of hydrogen-bond donors (Lipinski definition) is 1. The zero-order chi connectivity index (χ0) is 22.6. The predicted octanol–water partition coefficient (Wildman–Crippen LogP) is 2.65. The largest absolute Gasteiger partial charge is 0.573 e. The van der Waals surface area contributed by atoms with Gasteiger partial charge < -0.3 is 14.8 Å². The van der Waals surface area contributed by atoms with Crippen LogP contribution in [0.1, 0.15) is 53.1 Å². The Morgan fingerprint density at radius 1 is 1.26 bits per heavy atom. The summed E-state index contributed by atoms with van der Waals surface area (Å²) in [6.07, 6.45) is -2.43. The quantitative estimate of drug-likeness (QED) is 0.658. The summed E-state index contributed by atoms with van der Waals surface area (Å²) in [6, 6.07) is 2.74. The molecule has 2 aromatic rings. The average Bonchev–Trinajstić information content (AvgIpc) is 2.82. The number of ether oxygens (including phenoxy) is 2. The summed E-state index contributed by atoms with van der Waals surface area (Å²) in [6.45, 7) is -0.125. The zero-order valence-corrected chi connectivity index (χ0v) is 16.3. The van der Waals surface area contributed by atoms with E-state index in [-0.39, 0.29) is 29.6 Å². The molecule has 1 atom stereocenters. The summed E-state index contributed by atoms with van der Waals surface area (Å²) in [7, 11) is 1.33. The molecule has 8 nitrogen and oxygen atoms in total. The Morgan fingerprint density at radius 3 is 2.58 bits per heavy atom. The van der Waals surface area contributed by atoms with Crippen molar-refractivity contribution in [1.29, 1.82) is 0 Å². The molecule has 166 valence electrons. The number of methoxy groups -OCH3 is 1. The van der Waals surface area contributed by atoms with Crippen molar-refractivity contribution in [3.63, 3.8) is 0 Å². The first-order valence-corrected chi connectivity index (χ1v) is 9.27. The number of benzene rings is 1. The second-order valence-electron chi connectivity index (χ2n) is 6.88. The lowest BCUT2D eigenvalue weighted by Gasteiger charge is -2.22. The summed E-state index contributed by atoms with van der Waals surface area (Å²) in [4.78, 5) is 28.7. The van der Waals surface area contributed by atoms with Gasteiger partial charge in [-0.25, -0.2) is 9.37 Å². The van der Waals surface area contributed by atoms with Crippen molar-refractivity contribution in [2.45, 2.75) is 37.6 Å². The van der Waals surface area contributed by atoms with Gasteiger partial charge in [0.2, 0.25) is 0 Å². The molecule has 1 heterocycles. The van der Waals surface area contributed by atoms with Crippen LogP contribution in [-0.2, 0) is 4.74 Å². The molecule has 1 amide bonds. The van der Waals surface area contributed by atoms with Crippen LogP contribution in [-0.4, -0.2) is 41.2 Å². The molecule has 1 N–H and O–H groups in total. The van der Waals surface area contributed by atoms with Crippen molar-refractivity contribution in [1.82, 2.24) is 20.5 Å². The number of nitrogens with one attached hydrogen (secondary N) is 1. The summed E-state index contributed by atoms with van der Waals surface area (Å²) >= 11 is 0. The van der Waals surface area contributed by atoms with Crippen LogP contribution in [0.4, 0.5) is 17.6 Å².